The van der Waals surface area contributed by atoms with E-state index < -0.39 is 0 Å². The Morgan fingerprint density at radius 3 is 2.76 bits per heavy atom. The predicted octanol–water partition coefficient (Wildman–Crippen LogP) is 4.33. The largest absolute Gasteiger partial charge is 0.496 e. The number of benzene rings is 1. The topological polar surface area (TPSA) is 35.2 Å². The minimum atomic E-state index is -0.183. The molecule has 0 spiro atoms. The summed E-state index contributed by atoms with van der Waals surface area (Å²) in [5.41, 5.74) is 7.33. The van der Waals surface area contributed by atoms with Gasteiger partial charge in [-0.15, -0.1) is 11.3 Å². The molecule has 1 atom stereocenters. The summed E-state index contributed by atoms with van der Waals surface area (Å²) in [4.78, 5) is 1.03. The first-order valence-corrected chi connectivity index (χ1v) is 7.42. The lowest BCUT2D eigenvalue weighted by molar-refractivity contribution is 0.411. The fourth-order valence-electron chi connectivity index (χ4n) is 1.60. The van der Waals surface area contributed by atoms with Crippen molar-refractivity contribution in [2.75, 3.05) is 7.11 Å². The lowest BCUT2D eigenvalue weighted by Crippen LogP contribution is -2.12. The second-order valence-corrected chi connectivity index (χ2v) is 6.21. The summed E-state index contributed by atoms with van der Waals surface area (Å²) >= 11 is 8.59. The Labute approximate surface area is 121 Å². The molecule has 90 valence electrons. The zero-order valence-electron chi connectivity index (χ0n) is 9.11. The monoisotopic (exact) mass is 375 g/mol. The quantitative estimate of drug-likeness (QED) is 0.865. The first-order valence-electron chi connectivity index (χ1n) is 4.95. The molecule has 0 saturated carbocycles. The van der Waals surface area contributed by atoms with Gasteiger partial charge in [-0.25, -0.2) is 0 Å². The number of ether oxygens (including phenoxy) is 1. The van der Waals surface area contributed by atoms with E-state index in [4.69, 9.17) is 10.5 Å². The average Bonchev–Trinajstić information content (AvgIpc) is 2.79. The molecule has 17 heavy (non-hydrogen) atoms. The minimum Gasteiger partial charge on any atom is -0.496 e. The molecule has 0 bridgehead atoms. The van der Waals surface area contributed by atoms with Crippen LogP contribution in [0.3, 0.4) is 0 Å². The number of nitrogens with two attached hydrogens (primary N) is 1. The lowest BCUT2D eigenvalue weighted by atomic mass is 10.1. The second kappa shape index (κ2) is 5.52. The van der Waals surface area contributed by atoms with Crippen LogP contribution in [0.25, 0.3) is 0 Å². The molecular formula is C12H11Br2NOS. The van der Waals surface area contributed by atoms with Crippen molar-refractivity contribution in [1.29, 1.82) is 0 Å². The van der Waals surface area contributed by atoms with Gasteiger partial charge in [0.25, 0.3) is 0 Å². The molecule has 0 saturated heterocycles. The molecule has 1 unspecified atom stereocenters. The molecule has 0 radical (unpaired) electrons. The molecule has 5 heteroatoms. The highest BCUT2D eigenvalue weighted by Crippen LogP contribution is 2.36. The van der Waals surface area contributed by atoms with Crippen LogP contribution in [-0.4, -0.2) is 7.11 Å². The van der Waals surface area contributed by atoms with E-state index >= 15 is 0 Å². The van der Waals surface area contributed by atoms with Gasteiger partial charge >= 0.3 is 0 Å². The van der Waals surface area contributed by atoms with Crippen LogP contribution in [0.15, 0.2) is 38.6 Å². The second-order valence-electron chi connectivity index (χ2n) is 3.50. The molecule has 0 aliphatic rings. The van der Waals surface area contributed by atoms with E-state index in [1.54, 1.807) is 18.4 Å². The van der Waals surface area contributed by atoms with Crippen LogP contribution in [0.4, 0.5) is 0 Å². The summed E-state index contributed by atoms with van der Waals surface area (Å²) in [7, 11) is 1.66. The van der Waals surface area contributed by atoms with E-state index in [2.05, 4.69) is 31.9 Å². The van der Waals surface area contributed by atoms with Gasteiger partial charge in [0, 0.05) is 8.95 Å². The Bertz CT molecular complexity index is 527. The summed E-state index contributed by atoms with van der Waals surface area (Å²) in [5, 5.41) is 1.99. The summed E-state index contributed by atoms with van der Waals surface area (Å²) in [6, 6.07) is 7.74. The lowest BCUT2D eigenvalue weighted by Gasteiger charge is -2.14. The third-order valence-electron chi connectivity index (χ3n) is 2.45. The van der Waals surface area contributed by atoms with Crippen molar-refractivity contribution < 1.29 is 4.74 Å². The van der Waals surface area contributed by atoms with Crippen molar-refractivity contribution >= 4 is 43.2 Å². The summed E-state index contributed by atoms with van der Waals surface area (Å²) in [6.45, 7) is 0. The van der Waals surface area contributed by atoms with Crippen LogP contribution in [0.1, 0.15) is 16.5 Å². The van der Waals surface area contributed by atoms with Gasteiger partial charge in [-0.2, -0.15) is 0 Å². The van der Waals surface area contributed by atoms with E-state index in [1.165, 1.54) is 0 Å². The average molecular weight is 377 g/mol. The van der Waals surface area contributed by atoms with Gasteiger partial charge in [0.15, 0.2) is 0 Å². The molecule has 0 aliphatic carbocycles. The number of hydrogen-bond acceptors (Lipinski definition) is 3. The van der Waals surface area contributed by atoms with Crippen molar-refractivity contribution in [1.82, 2.24) is 0 Å². The first kappa shape index (κ1) is 13.1. The Balaban J connectivity index is 2.43. The van der Waals surface area contributed by atoms with Crippen LogP contribution in [0.5, 0.6) is 5.75 Å². The number of halogens is 2. The number of thiophene rings is 1. The van der Waals surface area contributed by atoms with E-state index in [1.807, 2.05) is 29.6 Å². The zero-order valence-corrected chi connectivity index (χ0v) is 13.1. The predicted molar refractivity (Wildman–Crippen MR) is 78.7 cm³/mol. The summed E-state index contributed by atoms with van der Waals surface area (Å²) in [6.07, 6.45) is 0. The highest BCUT2D eigenvalue weighted by Gasteiger charge is 2.18. The maximum atomic E-state index is 6.29. The normalized spacial score (nSPS) is 12.5. The van der Waals surface area contributed by atoms with Crippen molar-refractivity contribution in [2.24, 2.45) is 5.73 Å². The Morgan fingerprint density at radius 1 is 1.29 bits per heavy atom. The number of hydrogen-bond donors (Lipinski definition) is 1. The molecule has 2 nitrogen and oxygen atoms in total. The van der Waals surface area contributed by atoms with Gasteiger partial charge in [0.1, 0.15) is 5.75 Å². The van der Waals surface area contributed by atoms with Crippen molar-refractivity contribution in [3.05, 3.63) is 49.0 Å². The zero-order chi connectivity index (χ0) is 12.4. The van der Waals surface area contributed by atoms with Gasteiger partial charge in [-0.3, -0.25) is 0 Å². The SMILES string of the molecule is COc1ccsc1C(N)c1cc(Br)ccc1Br. The maximum absolute atomic E-state index is 6.29. The Hall–Kier alpha value is -0.360. The third-order valence-corrected chi connectivity index (χ3v) is 4.65. The summed E-state index contributed by atoms with van der Waals surface area (Å²) < 4.78 is 7.32. The molecule has 0 amide bonds. The molecule has 1 aromatic carbocycles. The molecule has 0 fully saturated rings. The van der Waals surface area contributed by atoms with Gasteiger partial charge in [-0.05, 0) is 35.2 Å². The standard InChI is InChI=1S/C12H11Br2NOS/c1-16-10-4-5-17-12(10)11(15)8-6-7(13)2-3-9(8)14/h2-6,11H,15H2,1H3. The van der Waals surface area contributed by atoms with Crippen LogP contribution in [-0.2, 0) is 0 Å². The smallest absolute Gasteiger partial charge is 0.134 e. The third kappa shape index (κ3) is 2.73. The van der Waals surface area contributed by atoms with E-state index in [-0.39, 0.29) is 6.04 Å². The van der Waals surface area contributed by atoms with Gasteiger partial charge in [0.05, 0.1) is 18.0 Å². The van der Waals surface area contributed by atoms with Crippen LogP contribution in [0, 0.1) is 0 Å². The first-order chi connectivity index (χ1) is 8.13. The van der Waals surface area contributed by atoms with E-state index in [0.29, 0.717) is 0 Å². The van der Waals surface area contributed by atoms with Gasteiger partial charge < -0.3 is 10.5 Å². The van der Waals surface area contributed by atoms with Crippen LogP contribution in [0.2, 0.25) is 0 Å². The highest BCUT2D eigenvalue weighted by atomic mass is 79.9. The van der Waals surface area contributed by atoms with E-state index in [9.17, 15) is 0 Å². The molecule has 0 aliphatic heterocycles. The Kier molecular flexibility index (Phi) is 4.25. The minimum absolute atomic E-state index is 0.183. The maximum Gasteiger partial charge on any atom is 0.134 e. The fourth-order valence-corrected chi connectivity index (χ4v) is 3.35. The van der Waals surface area contributed by atoms with Gasteiger partial charge in [-0.1, -0.05) is 31.9 Å². The molecule has 1 aromatic heterocycles. The van der Waals surface area contributed by atoms with Crippen LogP contribution < -0.4 is 10.5 Å². The highest BCUT2D eigenvalue weighted by molar-refractivity contribution is 9.11. The fraction of sp³-hybridized carbons (Fsp3) is 0.167. The van der Waals surface area contributed by atoms with Gasteiger partial charge in [0.2, 0.25) is 0 Å². The Morgan fingerprint density at radius 2 is 2.06 bits per heavy atom. The molecular weight excluding hydrogens is 366 g/mol. The van der Waals surface area contributed by atoms with Crippen molar-refractivity contribution in [2.45, 2.75) is 6.04 Å². The van der Waals surface area contributed by atoms with Crippen molar-refractivity contribution in [3.63, 3.8) is 0 Å². The molecule has 1 heterocycles. The molecule has 2 aromatic rings. The molecule has 2 rings (SSSR count). The molecule has 2 N–H and O–H groups in total. The van der Waals surface area contributed by atoms with Crippen molar-refractivity contribution in [3.8, 4) is 5.75 Å². The van der Waals surface area contributed by atoms with E-state index in [0.717, 1.165) is 25.1 Å². The summed E-state index contributed by atoms with van der Waals surface area (Å²) in [5.74, 6) is 0.842. The number of rotatable bonds is 3. The number of methoxy groups -OCH3 is 1. The van der Waals surface area contributed by atoms with Crippen LogP contribution >= 0.6 is 43.2 Å².